The normalized spacial score (nSPS) is 21.5. The summed E-state index contributed by atoms with van der Waals surface area (Å²) in [4.78, 5) is 30.4. The molecule has 0 bridgehead atoms. The Bertz CT molecular complexity index is 700. The van der Waals surface area contributed by atoms with Gasteiger partial charge >= 0.3 is 0 Å². The highest BCUT2D eigenvalue weighted by Crippen LogP contribution is 2.33. The second kappa shape index (κ2) is 7.17. The molecule has 130 valence electrons. The zero-order chi connectivity index (χ0) is 17.1. The van der Waals surface area contributed by atoms with E-state index in [1.54, 1.807) is 12.4 Å². The van der Waals surface area contributed by atoms with Crippen molar-refractivity contribution in [3.63, 3.8) is 0 Å². The third-order valence-corrected chi connectivity index (χ3v) is 5.24. The highest BCUT2D eigenvalue weighted by atomic mass is 16.2. The summed E-state index contributed by atoms with van der Waals surface area (Å²) < 4.78 is 0. The lowest BCUT2D eigenvalue weighted by Gasteiger charge is -2.34. The lowest BCUT2D eigenvalue weighted by atomic mass is 9.95. The van der Waals surface area contributed by atoms with E-state index in [-0.39, 0.29) is 12.0 Å². The van der Waals surface area contributed by atoms with Gasteiger partial charge in [-0.05, 0) is 43.9 Å². The number of carbonyl (C=O) groups is 1. The van der Waals surface area contributed by atoms with Crippen molar-refractivity contribution >= 4 is 11.9 Å². The van der Waals surface area contributed by atoms with Crippen LogP contribution in [0.1, 0.15) is 37.4 Å². The molecular weight excluding hydrogens is 314 g/mol. The molecule has 4 heterocycles. The summed E-state index contributed by atoms with van der Waals surface area (Å²) in [6, 6.07) is 7.92. The maximum atomic E-state index is 13.1. The zero-order valence-corrected chi connectivity index (χ0v) is 14.3. The Labute approximate surface area is 147 Å². The fourth-order valence-corrected chi connectivity index (χ4v) is 3.93. The number of piperidine rings is 1. The number of hydrogen-bond donors (Lipinski definition) is 0. The minimum Gasteiger partial charge on any atom is -0.341 e. The molecule has 2 fully saturated rings. The van der Waals surface area contributed by atoms with Gasteiger partial charge < -0.3 is 9.80 Å². The van der Waals surface area contributed by atoms with Gasteiger partial charge in [-0.25, -0.2) is 9.97 Å². The van der Waals surface area contributed by atoms with E-state index in [0.717, 1.165) is 57.0 Å². The van der Waals surface area contributed by atoms with Gasteiger partial charge in [-0.2, -0.15) is 0 Å². The second-order valence-corrected chi connectivity index (χ2v) is 6.75. The Morgan fingerprint density at radius 1 is 0.920 bits per heavy atom. The molecule has 0 spiro atoms. The molecule has 2 saturated heterocycles. The molecule has 2 aromatic heterocycles. The molecule has 4 rings (SSSR count). The fraction of sp³-hybridized carbons (Fsp3) is 0.474. The highest BCUT2D eigenvalue weighted by molar-refractivity contribution is 5.80. The molecular formula is C19H23N5O. The summed E-state index contributed by atoms with van der Waals surface area (Å²) in [5, 5.41) is 0. The minimum absolute atomic E-state index is 0.101. The van der Waals surface area contributed by atoms with Crippen molar-refractivity contribution in [1.29, 1.82) is 0 Å². The Morgan fingerprint density at radius 3 is 2.40 bits per heavy atom. The molecule has 0 N–H and O–H groups in total. The fourth-order valence-electron chi connectivity index (χ4n) is 3.93. The van der Waals surface area contributed by atoms with Crippen LogP contribution in [0.15, 0.2) is 42.9 Å². The van der Waals surface area contributed by atoms with Crippen molar-refractivity contribution < 1.29 is 4.79 Å². The first-order valence-electron chi connectivity index (χ1n) is 9.06. The predicted molar refractivity (Wildman–Crippen MR) is 94.9 cm³/mol. The number of rotatable bonds is 3. The topological polar surface area (TPSA) is 62.2 Å². The third kappa shape index (κ3) is 3.34. The van der Waals surface area contributed by atoms with Gasteiger partial charge in [0.25, 0.3) is 0 Å². The molecule has 6 nitrogen and oxygen atoms in total. The molecule has 0 aliphatic carbocycles. The van der Waals surface area contributed by atoms with Gasteiger partial charge in [0.05, 0.1) is 11.7 Å². The number of anilines is 1. The van der Waals surface area contributed by atoms with Crippen molar-refractivity contribution in [3.8, 4) is 0 Å². The summed E-state index contributed by atoms with van der Waals surface area (Å²) in [6.07, 6.45) is 9.14. The van der Waals surface area contributed by atoms with Crippen LogP contribution in [0.4, 0.5) is 5.95 Å². The SMILES string of the molecule is O=C(C1CCN(c2ncccn2)CC1)N1CCC[C@@H]1c1ccccn1. The lowest BCUT2D eigenvalue weighted by molar-refractivity contribution is -0.137. The molecule has 0 unspecified atom stereocenters. The number of aromatic nitrogens is 3. The third-order valence-electron chi connectivity index (χ3n) is 5.24. The minimum atomic E-state index is 0.101. The summed E-state index contributed by atoms with van der Waals surface area (Å²) in [6.45, 7) is 2.52. The van der Waals surface area contributed by atoms with E-state index in [2.05, 4.69) is 24.8 Å². The van der Waals surface area contributed by atoms with E-state index >= 15 is 0 Å². The van der Waals surface area contributed by atoms with Crippen molar-refractivity contribution in [3.05, 3.63) is 48.5 Å². The number of carbonyl (C=O) groups excluding carboxylic acids is 1. The summed E-state index contributed by atoms with van der Waals surface area (Å²) in [5.74, 6) is 1.16. The molecule has 0 saturated carbocycles. The van der Waals surface area contributed by atoms with Gasteiger partial charge in [-0.3, -0.25) is 9.78 Å². The van der Waals surface area contributed by atoms with Crippen molar-refractivity contribution in [2.24, 2.45) is 5.92 Å². The molecule has 0 aromatic carbocycles. The van der Waals surface area contributed by atoms with Gasteiger partial charge in [0.2, 0.25) is 11.9 Å². The Balaban J connectivity index is 1.40. The second-order valence-electron chi connectivity index (χ2n) is 6.75. The molecule has 1 amide bonds. The maximum absolute atomic E-state index is 13.1. The lowest BCUT2D eigenvalue weighted by Crippen LogP contribution is -2.43. The molecule has 25 heavy (non-hydrogen) atoms. The zero-order valence-electron chi connectivity index (χ0n) is 14.3. The standard InChI is InChI=1S/C19H23N5O/c25-18(24-12-3-6-17(24)16-5-1-2-9-20-16)15-7-13-23(14-8-15)19-21-10-4-11-22-19/h1-2,4-5,9-11,15,17H,3,6-8,12-14H2/t17-/m1/s1. The predicted octanol–water partition coefficient (Wildman–Crippen LogP) is 2.45. The van der Waals surface area contributed by atoms with E-state index in [0.29, 0.717) is 5.91 Å². The Hall–Kier alpha value is -2.50. The van der Waals surface area contributed by atoms with Crippen LogP contribution in [-0.2, 0) is 4.79 Å². The molecule has 2 aromatic rings. The van der Waals surface area contributed by atoms with E-state index in [1.807, 2.05) is 30.5 Å². The summed E-state index contributed by atoms with van der Waals surface area (Å²) in [7, 11) is 0. The maximum Gasteiger partial charge on any atom is 0.226 e. The average Bonchev–Trinajstić information content (AvgIpc) is 3.19. The van der Waals surface area contributed by atoms with E-state index < -0.39 is 0 Å². The highest BCUT2D eigenvalue weighted by Gasteiger charge is 2.36. The van der Waals surface area contributed by atoms with Crippen molar-refractivity contribution in [2.45, 2.75) is 31.7 Å². The van der Waals surface area contributed by atoms with E-state index in [9.17, 15) is 4.79 Å². The van der Waals surface area contributed by atoms with Gasteiger partial charge in [0.1, 0.15) is 0 Å². The van der Waals surface area contributed by atoms with Gasteiger partial charge in [-0.15, -0.1) is 0 Å². The van der Waals surface area contributed by atoms with E-state index in [1.165, 1.54) is 0 Å². The van der Waals surface area contributed by atoms with Crippen LogP contribution in [0, 0.1) is 5.92 Å². The van der Waals surface area contributed by atoms with Gasteiger partial charge in [0.15, 0.2) is 0 Å². The molecule has 1 atom stereocenters. The van der Waals surface area contributed by atoms with Crippen molar-refractivity contribution in [1.82, 2.24) is 19.9 Å². The molecule has 2 aliphatic rings. The summed E-state index contributed by atoms with van der Waals surface area (Å²) in [5.41, 5.74) is 1.02. The monoisotopic (exact) mass is 337 g/mol. The quantitative estimate of drug-likeness (QED) is 0.861. The van der Waals surface area contributed by atoms with Crippen LogP contribution in [0.3, 0.4) is 0 Å². The number of nitrogens with zero attached hydrogens (tertiary/aromatic N) is 5. The summed E-state index contributed by atoms with van der Waals surface area (Å²) >= 11 is 0. The molecule has 6 heteroatoms. The van der Waals surface area contributed by atoms with Crippen LogP contribution in [-0.4, -0.2) is 45.4 Å². The Morgan fingerprint density at radius 2 is 1.68 bits per heavy atom. The first-order chi connectivity index (χ1) is 12.3. The van der Waals surface area contributed by atoms with Crippen LogP contribution in [0.5, 0.6) is 0 Å². The smallest absolute Gasteiger partial charge is 0.226 e. The first-order valence-corrected chi connectivity index (χ1v) is 9.06. The van der Waals surface area contributed by atoms with Crippen LogP contribution in [0.2, 0.25) is 0 Å². The van der Waals surface area contributed by atoms with Crippen LogP contribution in [0.25, 0.3) is 0 Å². The largest absolute Gasteiger partial charge is 0.341 e. The average molecular weight is 337 g/mol. The van der Waals surface area contributed by atoms with Gasteiger partial charge in [-0.1, -0.05) is 6.07 Å². The van der Waals surface area contributed by atoms with Crippen molar-refractivity contribution in [2.75, 3.05) is 24.5 Å². The number of likely N-dealkylation sites (tertiary alicyclic amines) is 1. The van der Waals surface area contributed by atoms with Gasteiger partial charge in [0, 0.05) is 44.1 Å². The van der Waals surface area contributed by atoms with E-state index in [4.69, 9.17) is 0 Å². The number of hydrogen-bond acceptors (Lipinski definition) is 5. The first kappa shape index (κ1) is 16.0. The Kier molecular flexibility index (Phi) is 4.59. The van der Waals surface area contributed by atoms with Crippen LogP contribution < -0.4 is 4.90 Å². The molecule has 0 radical (unpaired) electrons. The number of amides is 1. The number of pyridine rings is 1. The van der Waals surface area contributed by atoms with Crippen LogP contribution >= 0.6 is 0 Å². The molecule has 2 aliphatic heterocycles.